The number of benzene rings is 1. The smallest absolute Gasteiger partial charge is 0.191 e. The van der Waals surface area contributed by atoms with Crippen molar-refractivity contribution in [2.75, 3.05) is 19.6 Å². The Morgan fingerprint density at radius 1 is 1.07 bits per heavy atom. The lowest BCUT2D eigenvalue weighted by atomic mass is 10.1. The molecule has 0 saturated carbocycles. The molecule has 6 heteroatoms. The maximum absolute atomic E-state index is 4.80. The van der Waals surface area contributed by atoms with E-state index in [-0.39, 0.29) is 0 Å². The molecule has 0 spiro atoms. The van der Waals surface area contributed by atoms with Crippen LogP contribution in [0.4, 0.5) is 0 Å². The summed E-state index contributed by atoms with van der Waals surface area (Å²) in [5, 5.41) is 7.83. The number of hydrogen-bond donors (Lipinski definition) is 2. The Bertz CT molecular complexity index is 714. The first-order chi connectivity index (χ1) is 13.1. The molecule has 1 heterocycles. The molecule has 2 N–H and O–H groups in total. The quantitative estimate of drug-likeness (QED) is 0.507. The van der Waals surface area contributed by atoms with Crippen molar-refractivity contribution >= 4 is 17.3 Å². The van der Waals surface area contributed by atoms with Crippen molar-refractivity contribution in [3.8, 4) is 0 Å². The summed E-state index contributed by atoms with van der Waals surface area (Å²) in [6.45, 7) is 16.0. The molecule has 0 bridgehead atoms. The molecule has 148 valence electrons. The number of guanidine groups is 1. The number of rotatable bonds is 9. The zero-order valence-electron chi connectivity index (χ0n) is 17.3. The van der Waals surface area contributed by atoms with Gasteiger partial charge in [-0.2, -0.15) is 0 Å². The lowest BCUT2D eigenvalue weighted by Crippen LogP contribution is -2.36. The number of aryl methyl sites for hydroxylation is 2. The Morgan fingerprint density at radius 2 is 1.78 bits per heavy atom. The molecule has 0 atom stereocenters. The molecule has 0 saturated heterocycles. The number of aromatic nitrogens is 1. The molecule has 0 aliphatic carbocycles. The average Bonchev–Trinajstić information content (AvgIpc) is 3.00. The second-order valence-electron chi connectivity index (χ2n) is 6.53. The third kappa shape index (κ3) is 6.63. The summed E-state index contributed by atoms with van der Waals surface area (Å²) in [6, 6.07) is 8.60. The maximum Gasteiger partial charge on any atom is 0.191 e. The fraction of sp³-hybridized carbons (Fsp3) is 0.524. The van der Waals surface area contributed by atoms with Gasteiger partial charge in [-0.25, -0.2) is 9.98 Å². The predicted octanol–water partition coefficient (Wildman–Crippen LogP) is 3.86. The van der Waals surface area contributed by atoms with Crippen LogP contribution in [-0.4, -0.2) is 35.5 Å². The number of aliphatic imine (C=N–C) groups is 1. The Balaban J connectivity index is 2.05. The van der Waals surface area contributed by atoms with Crippen LogP contribution in [0.15, 0.2) is 29.3 Å². The van der Waals surface area contributed by atoms with Gasteiger partial charge in [0.2, 0.25) is 0 Å². The molecule has 0 aliphatic heterocycles. The van der Waals surface area contributed by atoms with Crippen LogP contribution in [0.2, 0.25) is 0 Å². The monoisotopic (exact) mass is 387 g/mol. The fourth-order valence-corrected chi connectivity index (χ4v) is 3.71. The molecule has 0 fully saturated rings. The van der Waals surface area contributed by atoms with Gasteiger partial charge < -0.3 is 10.6 Å². The number of nitrogens with one attached hydrogen (secondary N) is 2. The van der Waals surface area contributed by atoms with Crippen LogP contribution in [0.1, 0.15) is 47.5 Å². The van der Waals surface area contributed by atoms with E-state index in [1.54, 1.807) is 11.3 Å². The number of thiazole rings is 1. The highest BCUT2D eigenvalue weighted by Gasteiger charge is 2.07. The molecule has 2 rings (SSSR count). The van der Waals surface area contributed by atoms with Gasteiger partial charge in [0, 0.05) is 18.0 Å². The molecular weight excluding hydrogens is 354 g/mol. The summed E-state index contributed by atoms with van der Waals surface area (Å²) in [5.41, 5.74) is 3.75. The van der Waals surface area contributed by atoms with E-state index in [0.29, 0.717) is 13.1 Å². The maximum atomic E-state index is 4.80. The van der Waals surface area contributed by atoms with Gasteiger partial charge in [0.1, 0.15) is 5.01 Å². The molecule has 0 unspecified atom stereocenters. The summed E-state index contributed by atoms with van der Waals surface area (Å²) in [4.78, 5) is 13.1. The van der Waals surface area contributed by atoms with Crippen LogP contribution in [0.25, 0.3) is 0 Å². The molecule has 5 nitrogen and oxygen atoms in total. The minimum atomic E-state index is 0.669. The highest BCUT2D eigenvalue weighted by Crippen LogP contribution is 2.16. The minimum absolute atomic E-state index is 0.669. The average molecular weight is 388 g/mol. The summed E-state index contributed by atoms with van der Waals surface area (Å²) in [7, 11) is 0. The van der Waals surface area contributed by atoms with Gasteiger partial charge in [0.05, 0.1) is 18.8 Å². The molecule has 1 aromatic heterocycles. The third-order valence-corrected chi connectivity index (χ3v) is 5.71. The van der Waals surface area contributed by atoms with Gasteiger partial charge in [0.15, 0.2) is 5.96 Å². The highest BCUT2D eigenvalue weighted by molar-refractivity contribution is 7.11. The summed E-state index contributed by atoms with van der Waals surface area (Å²) >= 11 is 1.74. The van der Waals surface area contributed by atoms with Crippen molar-refractivity contribution in [3.63, 3.8) is 0 Å². The summed E-state index contributed by atoms with van der Waals surface area (Å²) in [6.07, 6.45) is 0. The van der Waals surface area contributed by atoms with Crippen LogP contribution in [0.3, 0.4) is 0 Å². The van der Waals surface area contributed by atoms with E-state index in [0.717, 1.165) is 42.8 Å². The van der Waals surface area contributed by atoms with Crippen molar-refractivity contribution < 1.29 is 0 Å². The van der Waals surface area contributed by atoms with E-state index in [9.17, 15) is 0 Å². The van der Waals surface area contributed by atoms with E-state index >= 15 is 0 Å². The van der Waals surface area contributed by atoms with Crippen molar-refractivity contribution in [2.24, 2.45) is 4.99 Å². The number of hydrogen-bond acceptors (Lipinski definition) is 4. The lowest BCUT2D eigenvalue weighted by molar-refractivity contribution is 0.295. The van der Waals surface area contributed by atoms with Crippen LogP contribution in [0, 0.1) is 13.8 Å². The highest BCUT2D eigenvalue weighted by atomic mass is 32.1. The van der Waals surface area contributed by atoms with Gasteiger partial charge in [-0.3, -0.25) is 4.90 Å². The predicted molar refractivity (Wildman–Crippen MR) is 116 cm³/mol. The lowest BCUT2D eigenvalue weighted by Gasteiger charge is -2.20. The van der Waals surface area contributed by atoms with Gasteiger partial charge in [-0.1, -0.05) is 38.1 Å². The van der Waals surface area contributed by atoms with E-state index in [2.05, 4.69) is 79.4 Å². The van der Waals surface area contributed by atoms with Gasteiger partial charge in [0.25, 0.3) is 0 Å². The molecule has 0 radical (unpaired) electrons. The van der Waals surface area contributed by atoms with E-state index in [4.69, 9.17) is 4.99 Å². The molecule has 27 heavy (non-hydrogen) atoms. The summed E-state index contributed by atoms with van der Waals surface area (Å²) in [5.74, 6) is 0.834. The zero-order chi connectivity index (χ0) is 19.6. The SMILES string of the molecule is CCNC(=NCc1ccccc1CN(CC)CC)NCc1nc(C)c(C)s1. The van der Waals surface area contributed by atoms with Crippen LogP contribution in [-0.2, 0) is 19.6 Å². The molecular formula is C21H33N5S. The first-order valence-electron chi connectivity index (χ1n) is 9.81. The second-order valence-corrected chi connectivity index (χ2v) is 7.82. The minimum Gasteiger partial charge on any atom is -0.357 e. The largest absolute Gasteiger partial charge is 0.357 e. The third-order valence-electron chi connectivity index (χ3n) is 4.64. The topological polar surface area (TPSA) is 52.6 Å². The molecule has 0 aliphatic rings. The Morgan fingerprint density at radius 3 is 2.37 bits per heavy atom. The van der Waals surface area contributed by atoms with Gasteiger partial charge >= 0.3 is 0 Å². The van der Waals surface area contributed by atoms with E-state index < -0.39 is 0 Å². The fourth-order valence-electron chi connectivity index (χ4n) is 2.83. The van der Waals surface area contributed by atoms with Gasteiger partial charge in [-0.05, 0) is 45.0 Å². The normalized spacial score (nSPS) is 11.9. The van der Waals surface area contributed by atoms with Crippen molar-refractivity contribution in [1.29, 1.82) is 0 Å². The Hall–Kier alpha value is -1.92. The molecule has 1 aromatic carbocycles. The first kappa shape index (κ1) is 21.4. The Kier molecular flexibility index (Phi) is 8.75. The van der Waals surface area contributed by atoms with Crippen molar-refractivity contribution in [3.05, 3.63) is 51.0 Å². The molecule has 2 aromatic rings. The van der Waals surface area contributed by atoms with Gasteiger partial charge in [-0.15, -0.1) is 11.3 Å². The first-order valence-corrected chi connectivity index (χ1v) is 10.6. The molecule has 0 amide bonds. The number of nitrogens with zero attached hydrogens (tertiary/aromatic N) is 3. The van der Waals surface area contributed by atoms with Crippen LogP contribution in [0.5, 0.6) is 0 Å². The van der Waals surface area contributed by atoms with Crippen molar-refractivity contribution in [2.45, 2.75) is 54.3 Å². The standard InChI is InChI=1S/C21H33N5S/c1-6-22-21(24-14-20-25-16(4)17(5)27-20)23-13-18-11-9-10-12-19(18)15-26(7-2)8-3/h9-12H,6-8,13-15H2,1-5H3,(H2,22,23,24). The van der Waals surface area contributed by atoms with Crippen LogP contribution < -0.4 is 10.6 Å². The van der Waals surface area contributed by atoms with E-state index in [1.807, 2.05) is 0 Å². The van der Waals surface area contributed by atoms with Crippen LogP contribution >= 0.6 is 11.3 Å². The van der Waals surface area contributed by atoms with Crippen molar-refractivity contribution in [1.82, 2.24) is 20.5 Å². The zero-order valence-corrected chi connectivity index (χ0v) is 18.1. The summed E-state index contributed by atoms with van der Waals surface area (Å²) < 4.78 is 0. The Labute approximate surface area is 167 Å². The van der Waals surface area contributed by atoms with E-state index in [1.165, 1.54) is 16.0 Å². The second kappa shape index (κ2) is 11.0.